The van der Waals surface area contributed by atoms with E-state index in [1.54, 1.807) is 0 Å². The first kappa shape index (κ1) is 13.2. The van der Waals surface area contributed by atoms with Gasteiger partial charge < -0.3 is 14.6 Å². The third kappa shape index (κ3) is 3.00. The Morgan fingerprint density at radius 3 is 2.60 bits per heavy atom. The molecule has 104 valence electrons. The minimum absolute atomic E-state index is 0.182. The van der Waals surface area contributed by atoms with Gasteiger partial charge in [-0.2, -0.15) is 0 Å². The molecule has 2 unspecified atom stereocenters. The highest BCUT2D eigenvalue weighted by molar-refractivity contribution is 5.34. The SMILES string of the molecule is OC(c1cccc(Oc2ccccc2)c1)C1CCOC1. The summed E-state index contributed by atoms with van der Waals surface area (Å²) in [7, 11) is 0. The van der Waals surface area contributed by atoms with Gasteiger partial charge in [-0.3, -0.25) is 0 Å². The third-order valence-corrected chi connectivity index (χ3v) is 3.59. The zero-order chi connectivity index (χ0) is 13.8. The molecule has 3 heteroatoms. The third-order valence-electron chi connectivity index (χ3n) is 3.59. The molecule has 0 spiro atoms. The standard InChI is InChI=1S/C17H18O3/c18-17(14-9-10-19-12-14)13-5-4-8-16(11-13)20-15-6-2-1-3-7-15/h1-8,11,14,17-18H,9-10,12H2. The quantitative estimate of drug-likeness (QED) is 0.923. The first-order chi connectivity index (χ1) is 9.83. The largest absolute Gasteiger partial charge is 0.457 e. The summed E-state index contributed by atoms with van der Waals surface area (Å²) in [5.74, 6) is 1.72. The molecule has 1 aliphatic heterocycles. The van der Waals surface area contributed by atoms with Crippen molar-refractivity contribution in [2.45, 2.75) is 12.5 Å². The molecule has 0 aromatic heterocycles. The Morgan fingerprint density at radius 1 is 1.05 bits per heavy atom. The molecule has 3 rings (SSSR count). The summed E-state index contributed by atoms with van der Waals surface area (Å²) in [5, 5.41) is 10.4. The molecule has 1 saturated heterocycles. The van der Waals surface area contributed by atoms with E-state index < -0.39 is 6.10 Å². The lowest BCUT2D eigenvalue weighted by Gasteiger charge is -2.17. The van der Waals surface area contributed by atoms with Gasteiger partial charge in [0.2, 0.25) is 0 Å². The number of para-hydroxylation sites is 1. The van der Waals surface area contributed by atoms with Gasteiger partial charge in [-0.05, 0) is 36.2 Å². The average Bonchev–Trinajstić information content (AvgIpc) is 3.02. The minimum atomic E-state index is -0.489. The van der Waals surface area contributed by atoms with Crippen LogP contribution >= 0.6 is 0 Å². The van der Waals surface area contributed by atoms with Gasteiger partial charge in [0.1, 0.15) is 11.5 Å². The van der Waals surface area contributed by atoms with E-state index >= 15 is 0 Å². The molecule has 20 heavy (non-hydrogen) atoms. The molecule has 0 saturated carbocycles. The number of hydrogen-bond donors (Lipinski definition) is 1. The average molecular weight is 270 g/mol. The number of ether oxygens (including phenoxy) is 2. The van der Waals surface area contributed by atoms with Crippen LogP contribution in [0.2, 0.25) is 0 Å². The van der Waals surface area contributed by atoms with Gasteiger partial charge in [-0.25, -0.2) is 0 Å². The second kappa shape index (κ2) is 6.07. The molecule has 2 aromatic carbocycles. The maximum Gasteiger partial charge on any atom is 0.127 e. The fourth-order valence-electron chi connectivity index (χ4n) is 2.46. The van der Waals surface area contributed by atoms with Crippen LogP contribution in [0.1, 0.15) is 18.1 Å². The molecule has 2 aromatic rings. The van der Waals surface area contributed by atoms with Crippen LogP contribution in [0.15, 0.2) is 54.6 Å². The summed E-state index contributed by atoms with van der Waals surface area (Å²) in [6.45, 7) is 1.37. The van der Waals surface area contributed by atoms with Crippen molar-refractivity contribution < 1.29 is 14.6 Å². The fourth-order valence-corrected chi connectivity index (χ4v) is 2.46. The maximum atomic E-state index is 10.4. The first-order valence-corrected chi connectivity index (χ1v) is 6.91. The number of benzene rings is 2. The van der Waals surface area contributed by atoms with Gasteiger partial charge in [-0.15, -0.1) is 0 Å². The van der Waals surface area contributed by atoms with E-state index in [-0.39, 0.29) is 5.92 Å². The molecule has 0 aliphatic carbocycles. The van der Waals surface area contributed by atoms with Crippen molar-refractivity contribution in [1.29, 1.82) is 0 Å². The van der Waals surface area contributed by atoms with Crippen LogP contribution in [0.5, 0.6) is 11.5 Å². The van der Waals surface area contributed by atoms with E-state index in [2.05, 4.69) is 0 Å². The van der Waals surface area contributed by atoms with Crippen LogP contribution < -0.4 is 4.74 Å². The second-order valence-electron chi connectivity index (χ2n) is 5.06. The maximum absolute atomic E-state index is 10.4. The van der Waals surface area contributed by atoms with Gasteiger partial charge >= 0.3 is 0 Å². The highest BCUT2D eigenvalue weighted by atomic mass is 16.5. The number of aliphatic hydroxyl groups excluding tert-OH is 1. The lowest BCUT2D eigenvalue weighted by molar-refractivity contribution is 0.0916. The van der Waals surface area contributed by atoms with Gasteiger partial charge in [0, 0.05) is 12.5 Å². The molecule has 1 N–H and O–H groups in total. The summed E-state index contributed by atoms with van der Waals surface area (Å²) >= 11 is 0. The molecule has 1 aliphatic rings. The smallest absolute Gasteiger partial charge is 0.127 e. The Bertz CT molecular complexity index is 547. The molecular formula is C17H18O3. The lowest BCUT2D eigenvalue weighted by atomic mass is 9.95. The Kier molecular flexibility index (Phi) is 4.00. The van der Waals surface area contributed by atoms with Gasteiger partial charge in [-0.1, -0.05) is 30.3 Å². The molecular weight excluding hydrogens is 252 g/mol. The second-order valence-corrected chi connectivity index (χ2v) is 5.06. The number of aliphatic hydroxyl groups is 1. The Hall–Kier alpha value is -1.84. The first-order valence-electron chi connectivity index (χ1n) is 6.91. The molecule has 0 radical (unpaired) electrons. The van der Waals surface area contributed by atoms with Crippen LogP contribution in [0.4, 0.5) is 0 Å². The predicted octanol–water partition coefficient (Wildman–Crippen LogP) is 3.55. The number of rotatable bonds is 4. The van der Waals surface area contributed by atoms with Gasteiger partial charge in [0.05, 0.1) is 12.7 Å². The Labute approximate surface area is 118 Å². The van der Waals surface area contributed by atoms with Crippen molar-refractivity contribution >= 4 is 0 Å². The highest BCUT2D eigenvalue weighted by Gasteiger charge is 2.25. The van der Waals surface area contributed by atoms with Crippen molar-refractivity contribution in [1.82, 2.24) is 0 Å². The van der Waals surface area contributed by atoms with E-state index in [9.17, 15) is 5.11 Å². The van der Waals surface area contributed by atoms with Gasteiger partial charge in [0.25, 0.3) is 0 Å². The lowest BCUT2D eigenvalue weighted by Crippen LogP contribution is -2.12. The van der Waals surface area contributed by atoms with Crippen molar-refractivity contribution in [2.75, 3.05) is 13.2 Å². The van der Waals surface area contributed by atoms with Crippen molar-refractivity contribution in [2.24, 2.45) is 5.92 Å². The van der Waals surface area contributed by atoms with E-state index in [4.69, 9.17) is 9.47 Å². The molecule has 3 nitrogen and oxygen atoms in total. The normalized spacial score (nSPS) is 19.8. The predicted molar refractivity (Wildman–Crippen MR) is 76.8 cm³/mol. The van der Waals surface area contributed by atoms with E-state index in [0.29, 0.717) is 6.61 Å². The minimum Gasteiger partial charge on any atom is -0.457 e. The summed E-state index contributed by atoms with van der Waals surface area (Å²) in [6.07, 6.45) is 0.419. The zero-order valence-corrected chi connectivity index (χ0v) is 11.2. The van der Waals surface area contributed by atoms with Crippen LogP contribution in [0.3, 0.4) is 0 Å². The molecule has 0 amide bonds. The topological polar surface area (TPSA) is 38.7 Å². The number of hydrogen-bond acceptors (Lipinski definition) is 3. The summed E-state index contributed by atoms with van der Waals surface area (Å²) in [5.41, 5.74) is 0.883. The Morgan fingerprint density at radius 2 is 1.85 bits per heavy atom. The highest BCUT2D eigenvalue weighted by Crippen LogP contribution is 2.31. The molecule has 2 atom stereocenters. The summed E-state index contributed by atoms with van der Waals surface area (Å²) in [4.78, 5) is 0. The van der Waals surface area contributed by atoms with Crippen molar-refractivity contribution in [3.05, 3.63) is 60.2 Å². The molecule has 1 heterocycles. The zero-order valence-electron chi connectivity index (χ0n) is 11.2. The van der Waals surface area contributed by atoms with Crippen LogP contribution in [-0.2, 0) is 4.74 Å². The van der Waals surface area contributed by atoms with Crippen LogP contribution in [-0.4, -0.2) is 18.3 Å². The molecule has 0 bridgehead atoms. The molecule has 1 fully saturated rings. The van der Waals surface area contributed by atoms with Crippen LogP contribution in [0, 0.1) is 5.92 Å². The van der Waals surface area contributed by atoms with Crippen molar-refractivity contribution in [3.8, 4) is 11.5 Å². The van der Waals surface area contributed by atoms with Crippen molar-refractivity contribution in [3.63, 3.8) is 0 Å². The summed E-state index contributed by atoms with van der Waals surface area (Å²) in [6, 6.07) is 17.3. The van der Waals surface area contributed by atoms with E-state index in [1.165, 1.54) is 0 Å². The van der Waals surface area contributed by atoms with E-state index in [0.717, 1.165) is 30.1 Å². The van der Waals surface area contributed by atoms with Crippen LogP contribution in [0.25, 0.3) is 0 Å². The summed E-state index contributed by atoms with van der Waals surface area (Å²) < 4.78 is 11.1. The Balaban J connectivity index is 1.75. The fraction of sp³-hybridized carbons (Fsp3) is 0.294. The monoisotopic (exact) mass is 270 g/mol. The van der Waals surface area contributed by atoms with Gasteiger partial charge in [0.15, 0.2) is 0 Å². The van der Waals surface area contributed by atoms with E-state index in [1.807, 2.05) is 54.6 Å².